The van der Waals surface area contributed by atoms with E-state index < -0.39 is 0 Å². The number of likely N-dealkylation sites (tertiary alicyclic amines) is 1. The fourth-order valence-electron chi connectivity index (χ4n) is 3.94. The Hall–Kier alpha value is -1.51. The first-order valence-electron chi connectivity index (χ1n) is 10.4. The predicted molar refractivity (Wildman–Crippen MR) is 110 cm³/mol. The molecule has 1 aromatic rings. The van der Waals surface area contributed by atoms with Crippen LogP contribution >= 0.6 is 11.3 Å². The van der Waals surface area contributed by atoms with Gasteiger partial charge in [-0.15, -0.1) is 11.3 Å². The average Bonchev–Trinajstić information content (AvgIpc) is 3.31. The summed E-state index contributed by atoms with van der Waals surface area (Å²) in [6.45, 7) is 5.83. The molecule has 2 fully saturated rings. The van der Waals surface area contributed by atoms with Gasteiger partial charge in [-0.05, 0) is 44.9 Å². The molecule has 156 valence electrons. The molecule has 2 aliphatic rings. The number of aromatic nitrogens is 1. The number of aliphatic hydroxyl groups is 1. The summed E-state index contributed by atoms with van der Waals surface area (Å²) in [5.41, 5.74) is 0.805. The molecule has 28 heavy (non-hydrogen) atoms. The van der Waals surface area contributed by atoms with E-state index in [1.54, 1.807) is 0 Å². The molecule has 1 saturated heterocycles. The summed E-state index contributed by atoms with van der Waals surface area (Å²) in [4.78, 5) is 32.3. The van der Waals surface area contributed by atoms with Crippen molar-refractivity contribution in [2.24, 2.45) is 5.92 Å². The molecule has 1 aliphatic carbocycles. The van der Waals surface area contributed by atoms with E-state index in [9.17, 15) is 9.59 Å². The third kappa shape index (κ3) is 5.52. The largest absolute Gasteiger partial charge is 0.395 e. The minimum Gasteiger partial charge on any atom is -0.395 e. The molecule has 3 N–H and O–H groups in total. The van der Waals surface area contributed by atoms with Gasteiger partial charge in [0.15, 0.2) is 0 Å². The van der Waals surface area contributed by atoms with Crippen molar-refractivity contribution in [3.8, 4) is 0 Å². The molecule has 2 atom stereocenters. The number of nitrogens with zero attached hydrogens (tertiary/aromatic N) is 2. The Labute approximate surface area is 170 Å². The van der Waals surface area contributed by atoms with Gasteiger partial charge in [0, 0.05) is 38.1 Å². The van der Waals surface area contributed by atoms with Gasteiger partial charge in [0.2, 0.25) is 5.91 Å². The van der Waals surface area contributed by atoms with E-state index in [1.165, 1.54) is 24.2 Å². The third-order valence-corrected chi connectivity index (χ3v) is 6.94. The number of amides is 2. The maximum Gasteiger partial charge on any atom is 0.263 e. The number of nitrogens with one attached hydrogen (secondary N) is 2. The van der Waals surface area contributed by atoms with Crippen molar-refractivity contribution < 1.29 is 14.7 Å². The van der Waals surface area contributed by atoms with Crippen LogP contribution < -0.4 is 10.6 Å². The van der Waals surface area contributed by atoms with Crippen molar-refractivity contribution in [2.45, 2.75) is 64.5 Å². The highest BCUT2D eigenvalue weighted by Crippen LogP contribution is 2.35. The van der Waals surface area contributed by atoms with Crippen molar-refractivity contribution >= 4 is 23.2 Å². The molecule has 2 amide bonds. The van der Waals surface area contributed by atoms with Gasteiger partial charge >= 0.3 is 0 Å². The minimum atomic E-state index is -0.0368. The number of carbonyl (C=O) groups is 2. The van der Waals surface area contributed by atoms with Crippen LogP contribution in [0, 0.1) is 12.8 Å². The lowest BCUT2D eigenvalue weighted by molar-refractivity contribution is -0.122. The molecule has 0 bridgehead atoms. The van der Waals surface area contributed by atoms with Gasteiger partial charge in [-0.3, -0.25) is 14.5 Å². The Balaban J connectivity index is 1.56. The molecule has 0 unspecified atom stereocenters. The number of rotatable bonds is 10. The Kier molecular flexibility index (Phi) is 7.42. The van der Waals surface area contributed by atoms with Gasteiger partial charge in [0.05, 0.1) is 17.3 Å². The maximum atomic E-state index is 12.6. The lowest BCUT2D eigenvalue weighted by Crippen LogP contribution is -2.45. The van der Waals surface area contributed by atoms with Crippen molar-refractivity contribution in [1.82, 2.24) is 20.5 Å². The monoisotopic (exact) mass is 408 g/mol. The molecular formula is C20H32N4O3S. The summed E-state index contributed by atoms with van der Waals surface area (Å²) in [6.07, 6.45) is 5.80. The zero-order valence-electron chi connectivity index (χ0n) is 16.9. The van der Waals surface area contributed by atoms with Gasteiger partial charge in [-0.1, -0.05) is 6.92 Å². The fourth-order valence-corrected chi connectivity index (χ4v) is 4.86. The van der Waals surface area contributed by atoms with E-state index in [0.717, 1.165) is 42.4 Å². The van der Waals surface area contributed by atoms with Crippen LogP contribution in [0.4, 0.5) is 0 Å². The highest BCUT2D eigenvalue weighted by Gasteiger charge is 2.38. The first-order chi connectivity index (χ1) is 13.5. The van der Waals surface area contributed by atoms with Gasteiger partial charge < -0.3 is 15.7 Å². The molecule has 0 radical (unpaired) electrons. The van der Waals surface area contributed by atoms with Crippen molar-refractivity contribution in [3.63, 3.8) is 0 Å². The number of hydrogen-bond donors (Lipinski definition) is 3. The summed E-state index contributed by atoms with van der Waals surface area (Å²) >= 11 is 1.48. The van der Waals surface area contributed by atoms with Crippen LogP contribution in [-0.4, -0.2) is 65.1 Å². The van der Waals surface area contributed by atoms with E-state index in [0.29, 0.717) is 24.4 Å². The van der Waals surface area contributed by atoms with Crippen molar-refractivity contribution in [3.05, 3.63) is 15.6 Å². The smallest absolute Gasteiger partial charge is 0.263 e. The van der Waals surface area contributed by atoms with Gasteiger partial charge in [0.1, 0.15) is 4.88 Å². The second kappa shape index (κ2) is 9.80. The number of thiazole rings is 1. The molecule has 1 aliphatic heterocycles. The SMILES string of the molecule is CCc1nc(C)c(C(=O)NC[C@@H]2CC[C@H](CC(=O)NCCO)N2CC2CC2)s1. The lowest BCUT2D eigenvalue weighted by Gasteiger charge is -2.30. The van der Waals surface area contributed by atoms with Gasteiger partial charge in [0.25, 0.3) is 5.91 Å². The first-order valence-corrected chi connectivity index (χ1v) is 11.2. The quantitative estimate of drug-likeness (QED) is 0.545. The Morgan fingerprint density at radius 2 is 1.96 bits per heavy atom. The van der Waals surface area contributed by atoms with Crippen molar-refractivity contribution in [1.29, 1.82) is 0 Å². The normalized spacial score (nSPS) is 22.4. The second-order valence-corrected chi connectivity index (χ2v) is 8.97. The highest BCUT2D eigenvalue weighted by atomic mass is 32.1. The third-order valence-electron chi connectivity index (χ3n) is 5.64. The molecule has 1 aromatic heterocycles. The molecule has 8 heteroatoms. The zero-order chi connectivity index (χ0) is 20.1. The summed E-state index contributed by atoms with van der Waals surface area (Å²) in [6, 6.07) is 0.497. The lowest BCUT2D eigenvalue weighted by atomic mass is 10.1. The number of aryl methyl sites for hydroxylation is 2. The summed E-state index contributed by atoms with van der Waals surface area (Å²) in [7, 11) is 0. The van der Waals surface area contributed by atoms with Crippen LogP contribution in [-0.2, 0) is 11.2 Å². The number of carbonyl (C=O) groups excluding carboxylic acids is 2. The van der Waals surface area contributed by atoms with E-state index in [-0.39, 0.29) is 30.5 Å². The Morgan fingerprint density at radius 1 is 1.21 bits per heavy atom. The molecular weight excluding hydrogens is 376 g/mol. The van der Waals surface area contributed by atoms with E-state index in [2.05, 4.69) is 20.5 Å². The molecule has 7 nitrogen and oxygen atoms in total. The standard InChI is InChI=1S/C20H32N4O3S/c1-3-18-23-13(2)19(28-18)20(27)22-11-16-7-6-15(10-17(26)21-8-9-25)24(16)12-14-4-5-14/h14-16,25H,3-12H2,1-2H3,(H,21,26)(H,22,27)/t15-,16+/m1/s1. The maximum absolute atomic E-state index is 12.6. The predicted octanol–water partition coefficient (Wildman–Crippen LogP) is 1.49. The van der Waals surface area contributed by atoms with Crippen LogP contribution in [0.15, 0.2) is 0 Å². The average molecular weight is 409 g/mol. The first kappa shape index (κ1) is 21.2. The second-order valence-electron chi connectivity index (χ2n) is 7.89. The minimum absolute atomic E-state index is 0.00286. The van der Waals surface area contributed by atoms with E-state index in [1.807, 2.05) is 13.8 Å². The number of aliphatic hydroxyl groups excluding tert-OH is 1. The van der Waals surface area contributed by atoms with Crippen molar-refractivity contribution in [2.75, 3.05) is 26.2 Å². The van der Waals surface area contributed by atoms with Crippen LogP contribution in [0.5, 0.6) is 0 Å². The molecule has 0 aromatic carbocycles. The molecule has 2 heterocycles. The van der Waals surface area contributed by atoms with Gasteiger partial charge in [-0.25, -0.2) is 4.98 Å². The van der Waals surface area contributed by atoms with Gasteiger partial charge in [-0.2, -0.15) is 0 Å². The Bertz CT molecular complexity index is 689. The molecule has 3 rings (SSSR count). The fraction of sp³-hybridized carbons (Fsp3) is 0.750. The highest BCUT2D eigenvalue weighted by molar-refractivity contribution is 7.13. The summed E-state index contributed by atoms with van der Waals surface area (Å²) < 4.78 is 0. The number of hydrogen-bond acceptors (Lipinski definition) is 6. The Morgan fingerprint density at radius 3 is 2.61 bits per heavy atom. The van der Waals surface area contributed by atoms with Crippen LogP contribution in [0.1, 0.15) is 59.4 Å². The van der Waals surface area contributed by atoms with Crippen LogP contribution in [0.3, 0.4) is 0 Å². The van der Waals surface area contributed by atoms with E-state index in [4.69, 9.17) is 5.11 Å². The summed E-state index contributed by atoms with van der Waals surface area (Å²) in [5, 5.41) is 15.7. The zero-order valence-corrected chi connectivity index (χ0v) is 17.7. The van der Waals surface area contributed by atoms with Crippen LogP contribution in [0.25, 0.3) is 0 Å². The topological polar surface area (TPSA) is 94.6 Å². The molecule has 1 saturated carbocycles. The summed E-state index contributed by atoms with van der Waals surface area (Å²) in [5.74, 6) is 0.692. The van der Waals surface area contributed by atoms with Crippen LogP contribution in [0.2, 0.25) is 0 Å². The van der Waals surface area contributed by atoms with E-state index >= 15 is 0 Å². The molecule has 0 spiro atoms.